The Morgan fingerprint density at radius 2 is 1.82 bits per heavy atom. The minimum absolute atomic E-state index is 0.0295. The predicted octanol–water partition coefficient (Wildman–Crippen LogP) is 2.86. The Labute approximate surface area is 188 Å². The fourth-order valence-electron chi connectivity index (χ4n) is 2.69. The normalized spacial score (nSPS) is 12.5. The Bertz CT molecular complexity index is 1130. The average molecular weight is 483 g/mol. The summed E-state index contributed by atoms with van der Waals surface area (Å²) in [6, 6.07) is 11.8. The first-order chi connectivity index (χ1) is 15.5. The van der Waals surface area contributed by atoms with Gasteiger partial charge < -0.3 is 9.64 Å². The van der Waals surface area contributed by atoms with Gasteiger partial charge in [-0.1, -0.05) is 24.3 Å². The number of hydrogen-bond acceptors (Lipinski definition) is 6. The summed E-state index contributed by atoms with van der Waals surface area (Å²) >= 11 is 0. The molecule has 1 amide bonds. The first-order valence-electron chi connectivity index (χ1n) is 9.54. The van der Waals surface area contributed by atoms with Gasteiger partial charge in [0.05, 0.1) is 22.9 Å². The molecule has 2 rings (SSSR count). The molecular formula is C21H20F3N3O5S. The number of halogens is 3. The van der Waals surface area contributed by atoms with Crippen molar-refractivity contribution >= 4 is 27.6 Å². The molecule has 0 bridgehead atoms. The molecule has 1 atom stereocenters. The van der Waals surface area contributed by atoms with Crippen molar-refractivity contribution in [1.82, 2.24) is 4.72 Å². The molecule has 0 aliphatic rings. The van der Waals surface area contributed by atoms with Crippen LogP contribution in [0.3, 0.4) is 0 Å². The molecule has 1 unspecified atom stereocenters. The molecule has 12 heteroatoms. The Hall–Kier alpha value is -3.43. The second-order valence-corrected chi connectivity index (χ2v) is 8.48. The van der Waals surface area contributed by atoms with E-state index in [4.69, 9.17) is 10.00 Å². The van der Waals surface area contributed by atoms with Crippen molar-refractivity contribution in [2.24, 2.45) is 0 Å². The van der Waals surface area contributed by atoms with Gasteiger partial charge in [-0.3, -0.25) is 9.59 Å². The zero-order valence-electron chi connectivity index (χ0n) is 17.4. The van der Waals surface area contributed by atoms with Crippen LogP contribution in [0.25, 0.3) is 0 Å². The standard InChI is InChI=1S/C21H20F3N3O5S/c1-15(26-33(30,31)18-10-5-7-16(13-18)21(22,23)24)20(29)32-14-19(28)27(12-6-11-25)17-8-3-2-4-9-17/h2-5,7-10,13,15,26H,6,12,14H2,1H3. The Kier molecular flexibility index (Phi) is 8.56. The van der Waals surface area contributed by atoms with E-state index < -0.39 is 51.2 Å². The highest BCUT2D eigenvalue weighted by Crippen LogP contribution is 2.30. The summed E-state index contributed by atoms with van der Waals surface area (Å²) in [5.41, 5.74) is -0.684. The quantitative estimate of drug-likeness (QED) is 0.549. The number of esters is 1. The van der Waals surface area contributed by atoms with Crippen LogP contribution in [0.1, 0.15) is 18.9 Å². The Morgan fingerprint density at radius 1 is 1.15 bits per heavy atom. The van der Waals surface area contributed by atoms with Crippen LogP contribution in [-0.4, -0.2) is 39.5 Å². The molecule has 33 heavy (non-hydrogen) atoms. The van der Waals surface area contributed by atoms with Crippen LogP contribution in [0.4, 0.5) is 18.9 Å². The van der Waals surface area contributed by atoms with Gasteiger partial charge >= 0.3 is 12.1 Å². The van der Waals surface area contributed by atoms with Crippen molar-refractivity contribution in [1.29, 1.82) is 5.26 Å². The minimum Gasteiger partial charge on any atom is -0.454 e. The average Bonchev–Trinajstić information content (AvgIpc) is 2.77. The van der Waals surface area contributed by atoms with E-state index in [0.29, 0.717) is 17.8 Å². The first kappa shape index (κ1) is 25.8. The summed E-state index contributed by atoms with van der Waals surface area (Å²) in [6.45, 7) is 0.450. The fraction of sp³-hybridized carbons (Fsp3) is 0.286. The number of anilines is 1. The Morgan fingerprint density at radius 3 is 2.42 bits per heavy atom. The second-order valence-electron chi connectivity index (χ2n) is 6.77. The minimum atomic E-state index is -4.74. The maximum atomic E-state index is 12.8. The van der Waals surface area contributed by atoms with E-state index in [1.54, 1.807) is 30.3 Å². The van der Waals surface area contributed by atoms with Crippen molar-refractivity contribution in [2.45, 2.75) is 30.5 Å². The number of ether oxygens (including phenoxy) is 1. The summed E-state index contributed by atoms with van der Waals surface area (Å²) in [6.07, 6.45) is -4.71. The van der Waals surface area contributed by atoms with Crippen LogP contribution in [0.15, 0.2) is 59.5 Å². The van der Waals surface area contributed by atoms with Gasteiger partial charge in [0.2, 0.25) is 10.0 Å². The number of nitrogens with one attached hydrogen (secondary N) is 1. The fourth-order valence-corrected chi connectivity index (χ4v) is 3.93. The molecule has 0 saturated carbocycles. The lowest BCUT2D eigenvalue weighted by molar-refractivity contribution is -0.149. The number of sulfonamides is 1. The van der Waals surface area contributed by atoms with Crippen LogP contribution in [0, 0.1) is 11.3 Å². The summed E-state index contributed by atoms with van der Waals surface area (Å²) in [5, 5.41) is 8.80. The van der Waals surface area contributed by atoms with E-state index in [9.17, 15) is 31.2 Å². The van der Waals surface area contributed by atoms with Crippen LogP contribution in [-0.2, 0) is 30.5 Å². The molecule has 176 valence electrons. The Balaban J connectivity index is 2.03. The van der Waals surface area contributed by atoms with Gasteiger partial charge in [0.25, 0.3) is 5.91 Å². The lowest BCUT2D eigenvalue weighted by Crippen LogP contribution is -2.41. The maximum absolute atomic E-state index is 12.8. The van der Waals surface area contributed by atoms with Gasteiger partial charge in [0, 0.05) is 12.2 Å². The highest BCUT2D eigenvalue weighted by Gasteiger charge is 2.32. The van der Waals surface area contributed by atoms with Crippen LogP contribution in [0.2, 0.25) is 0 Å². The van der Waals surface area contributed by atoms with Gasteiger partial charge in [0.1, 0.15) is 6.04 Å². The number of benzene rings is 2. The van der Waals surface area contributed by atoms with Crippen LogP contribution in [0.5, 0.6) is 0 Å². The van der Waals surface area contributed by atoms with Gasteiger partial charge in [0.15, 0.2) is 6.61 Å². The smallest absolute Gasteiger partial charge is 0.416 e. The molecule has 0 saturated heterocycles. The molecule has 8 nitrogen and oxygen atoms in total. The number of carbonyl (C=O) groups is 2. The number of alkyl halides is 3. The van der Waals surface area contributed by atoms with Crippen molar-refractivity contribution in [3.05, 3.63) is 60.2 Å². The number of para-hydroxylation sites is 1. The lowest BCUT2D eigenvalue weighted by atomic mass is 10.2. The van der Waals surface area contributed by atoms with E-state index in [1.807, 2.05) is 10.8 Å². The highest BCUT2D eigenvalue weighted by molar-refractivity contribution is 7.89. The van der Waals surface area contributed by atoms with E-state index >= 15 is 0 Å². The third-order valence-corrected chi connectivity index (χ3v) is 5.85. The summed E-state index contributed by atoms with van der Waals surface area (Å²) in [7, 11) is -4.48. The lowest BCUT2D eigenvalue weighted by Gasteiger charge is -2.22. The van der Waals surface area contributed by atoms with Crippen LogP contribution >= 0.6 is 0 Å². The van der Waals surface area contributed by atoms with Crippen molar-refractivity contribution < 1.29 is 35.9 Å². The number of carbonyl (C=O) groups excluding carboxylic acids is 2. The molecule has 0 heterocycles. The second kappa shape index (κ2) is 10.9. The molecule has 1 N–H and O–H groups in total. The zero-order chi connectivity index (χ0) is 24.6. The van der Waals surface area contributed by atoms with E-state index in [1.165, 1.54) is 4.90 Å². The molecular weight excluding hydrogens is 463 g/mol. The number of nitrogens with zero attached hydrogens (tertiary/aromatic N) is 2. The van der Waals surface area contributed by atoms with Gasteiger partial charge in [-0.2, -0.15) is 23.2 Å². The van der Waals surface area contributed by atoms with Crippen molar-refractivity contribution in [3.63, 3.8) is 0 Å². The number of hydrogen-bond donors (Lipinski definition) is 1. The van der Waals surface area contributed by atoms with Gasteiger partial charge in [-0.25, -0.2) is 8.42 Å². The number of amides is 1. The van der Waals surface area contributed by atoms with E-state index in [0.717, 1.165) is 19.1 Å². The number of rotatable bonds is 9. The highest BCUT2D eigenvalue weighted by atomic mass is 32.2. The molecule has 0 radical (unpaired) electrons. The van der Waals surface area contributed by atoms with Gasteiger partial charge in [-0.05, 0) is 37.3 Å². The first-order valence-corrected chi connectivity index (χ1v) is 11.0. The van der Waals surface area contributed by atoms with Crippen molar-refractivity contribution in [2.75, 3.05) is 18.1 Å². The maximum Gasteiger partial charge on any atom is 0.416 e. The summed E-state index contributed by atoms with van der Waals surface area (Å²) in [5.74, 6) is -1.75. The zero-order valence-corrected chi connectivity index (χ0v) is 18.2. The topological polar surface area (TPSA) is 117 Å². The SMILES string of the molecule is CC(NS(=O)(=O)c1cccc(C(F)(F)F)c1)C(=O)OCC(=O)N(CCC#N)c1ccccc1. The van der Waals surface area contributed by atoms with Crippen LogP contribution < -0.4 is 9.62 Å². The third-order valence-electron chi connectivity index (χ3n) is 4.31. The molecule has 0 spiro atoms. The monoisotopic (exact) mass is 483 g/mol. The van der Waals surface area contributed by atoms with E-state index in [-0.39, 0.29) is 13.0 Å². The summed E-state index contributed by atoms with van der Waals surface area (Å²) < 4.78 is 70.1. The molecule has 2 aromatic rings. The van der Waals surface area contributed by atoms with Crippen molar-refractivity contribution in [3.8, 4) is 6.07 Å². The largest absolute Gasteiger partial charge is 0.454 e. The molecule has 0 aliphatic heterocycles. The molecule has 0 fully saturated rings. The predicted molar refractivity (Wildman–Crippen MR) is 111 cm³/mol. The summed E-state index contributed by atoms with van der Waals surface area (Å²) in [4.78, 5) is 25.3. The van der Waals surface area contributed by atoms with E-state index in [2.05, 4.69) is 0 Å². The third kappa shape index (κ3) is 7.30. The van der Waals surface area contributed by atoms with Gasteiger partial charge in [-0.15, -0.1) is 0 Å². The number of nitriles is 1. The molecule has 0 aliphatic carbocycles. The molecule has 2 aromatic carbocycles. The molecule has 0 aromatic heterocycles.